The molecule has 0 amide bonds. The average molecular weight is 279 g/mol. The molecule has 1 rings (SSSR count). The largest absolute Gasteiger partial charge is 0.293 e. The van der Waals surface area contributed by atoms with Crippen molar-refractivity contribution in [2.24, 2.45) is 4.99 Å². The van der Waals surface area contributed by atoms with Gasteiger partial charge in [0.15, 0.2) is 0 Å². The van der Waals surface area contributed by atoms with Crippen molar-refractivity contribution in [2.75, 3.05) is 6.54 Å². The molecule has 1 heterocycles. The number of halogens is 1. The molecule has 0 aromatic carbocycles. The first kappa shape index (κ1) is 10.5. The van der Waals surface area contributed by atoms with Crippen molar-refractivity contribution >= 4 is 28.3 Å². The second-order valence-corrected chi connectivity index (χ2v) is 5.38. The van der Waals surface area contributed by atoms with Crippen LogP contribution >= 0.6 is 22.6 Å². The van der Waals surface area contributed by atoms with Crippen LogP contribution in [0.2, 0.25) is 0 Å². The molecule has 0 bridgehead atoms. The number of hydrogen-bond acceptors (Lipinski definition) is 1. The van der Waals surface area contributed by atoms with Gasteiger partial charge in [-0.2, -0.15) is 0 Å². The molecule has 0 spiro atoms. The van der Waals surface area contributed by atoms with Crippen LogP contribution in [-0.2, 0) is 0 Å². The molecule has 0 N–H and O–H groups in total. The summed E-state index contributed by atoms with van der Waals surface area (Å²) in [5.74, 6) is 0. The van der Waals surface area contributed by atoms with E-state index in [0.717, 1.165) is 6.54 Å². The lowest BCUT2D eigenvalue weighted by Crippen LogP contribution is -2.10. The Morgan fingerprint density at radius 2 is 1.83 bits per heavy atom. The van der Waals surface area contributed by atoms with Crippen LogP contribution in [0, 0.1) is 0 Å². The molecule has 70 valence electrons. The Morgan fingerprint density at radius 1 is 1.17 bits per heavy atom. The van der Waals surface area contributed by atoms with Gasteiger partial charge in [-0.1, -0.05) is 41.9 Å². The van der Waals surface area contributed by atoms with Crippen LogP contribution in [0.4, 0.5) is 0 Å². The van der Waals surface area contributed by atoms with E-state index in [1.807, 2.05) is 0 Å². The summed E-state index contributed by atoms with van der Waals surface area (Å²) in [6, 6.07) is 0. The van der Waals surface area contributed by atoms with Crippen molar-refractivity contribution in [1.29, 1.82) is 0 Å². The molecular weight excluding hydrogens is 261 g/mol. The van der Waals surface area contributed by atoms with E-state index >= 15 is 0 Å². The second kappa shape index (κ2) is 5.95. The van der Waals surface area contributed by atoms with Crippen molar-refractivity contribution in [3.8, 4) is 0 Å². The van der Waals surface area contributed by atoms with Gasteiger partial charge in [-0.25, -0.2) is 0 Å². The maximum absolute atomic E-state index is 4.65. The van der Waals surface area contributed by atoms with Gasteiger partial charge >= 0.3 is 0 Å². The molecule has 12 heavy (non-hydrogen) atoms. The first-order valence-corrected chi connectivity index (χ1v) is 6.22. The van der Waals surface area contributed by atoms with Crippen molar-refractivity contribution in [2.45, 2.75) is 49.4 Å². The fourth-order valence-corrected chi connectivity index (χ4v) is 2.08. The van der Waals surface area contributed by atoms with Gasteiger partial charge in [-0.15, -0.1) is 0 Å². The van der Waals surface area contributed by atoms with Gasteiger partial charge in [0.25, 0.3) is 0 Å². The van der Waals surface area contributed by atoms with Crippen LogP contribution in [0.25, 0.3) is 0 Å². The molecule has 2 heteroatoms. The Bertz CT molecular complexity index is 152. The van der Waals surface area contributed by atoms with Gasteiger partial charge in [0, 0.05) is 16.2 Å². The molecule has 0 aliphatic carbocycles. The molecule has 0 fully saturated rings. The van der Waals surface area contributed by atoms with Gasteiger partial charge in [0.05, 0.1) is 0 Å². The van der Waals surface area contributed by atoms with E-state index in [1.165, 1.54) is 44.2 Å². The number of hydrogen-bond donors (Lipinski definition) is 0. The van der Waals surface area contributed by atoms with Crippen LogP contribution in [0.1, 0.15) is 45.4 Å². The fraction of sp³-hybridized carbons (Fsp3) is 0.900. The maximum Gasteiger partial charge on any atom is 0.0460 e. The summed E-state index contributed by atoms with van der Waals surface area (Å²) in [6.45, 7) is 3.32. The minimum Gasteiger partial charge on any atom is -0.293 e. The summed E-state index contributed by atoms with van der Waals surface area (Å²) >= 11 is 2.47. The van der Waals surface area contributed by atoms with Gasteiger partial charge in [0.2, 0.25) is 0 Å². The normalized spacial score (nSPS) is 23.3. The predicted octanol–water partition coefficient (Wildman–Crippen LogP) is 3.61. The zero-order valence-electron chi connectivity index (χ0n) is 7.85. The quantitative estimate of drug-likeness (QED) is 0.513. The topological polar surface area (TPSA) is 12.4 Å². The van der Waals surface area contributed by atoms with E-state index in [9.17, 15) is 0 Å². The molecule has 1 atom stereocenters. The number of nitrogens with zero attached hydrogens (tertiary/aromatic N) is 1. The van der Waals surface area contributed by atoms with Gasteiger partial charge < -0.3 is 0 Å². The molecule has 0 saturated heterocycles. The van der Waals surface area contributed by atoms with E-state index in [2.05, 4.69) is 34.5 Å². The Labute approximate surface area is 89.2 Å². The molecule has 0 aromatic heterocycles. The standard InChI is InChI=1S/C10H18IN/c1-9(11)10-7-5-3-2-4-6-8-12-10/h9H,2-8H2,1H3. The van der Waals surface area contributed by atoms with E-state index < -0.39 is 0 Å². The highest BCUT2D eigenvalue weighted by molar-refractivity contribution is 14.1. The molecule has 0 saturated carbocycles. The third-order valence-electron chi connectivity index (χ3n) is 2.37. The molecular formula is C10H18IN. The molecule has 1 nitrogen and oxygen atoms in total. The van der Waals surface area contributed by atoms with E-state index in [-0.39, 0.29) is 0 Å². The molecule has 1 aliphatic rings. The van der Waals surface area contributed by atoms with Crippen LogP contribution < -0.4 is 0 Å². The summed E-state index contributed by atoms with van der Waals surface area (Å²) in [6.07, 6.45) is 8.09. The van der Waals surface area contributed by atoms with Crippen LogP contribution in [0.15, 0.2) is 4.99 Å². The summed E-state index contributed by atoms with van der Waals surface area (Å²) < 4.78 is 0.640. The lowest BCUT2D eigenvalue weighted by Gasteiger charge is -2.06. The van der Waals surface area contributed by atoms with Gasteiger partial charge in [0.1, 0.15) is 0 Å². The molecule has 1 aliphatic heterocycles. The molecule has 1 unspecified atom stereocenters. The fourth-order valence-electron chi connectivity index (χ4n) is 1.57. The van der Waals surface area contributed by atoms with Crippen molar-refractivity contribution in [1.82, 2.24) is 0 Å². The predicted molar refractivity (Wildman–Crippen MR) is 63.5 cm³/mol. The summed E-state index contributed by atoms with van der Waals surface area (Å²) in [5.41, 5.74) is 1.44. The van der Waals surface area contributed by atoms with Gasteiger partial charge in [-0.05, 0) is 26.2 Å². The zero-order chi connectivity index (χ0) is 8.81. The highest BCUT2D eigenvalue weighted by Gasteiger charge is 2.07. The maximum atomic E-state index is 4.65. The monoisotopic (exact) mass is 279 g/mol. The summed E-state index contributed by atoms with van der Waals surface area (Å²) in [5, 5.41) is 0. The van der Waals surface area contributed by atoms with Crippen molar-refractivity contribution in [3.05, 3.63) is 0 Å². The number of alkyl halides is 1. The van der Waals surface area contributed by atoms with Gasteiger partial charge in [-0.3, -0.25) is 4.99 Å². The van der Waals surface area contributed by atoms with Crippen LogP contribution in [0.5, 0.6) is 0 Å². The van der Waals surface area contributed by atoms with Crippen molar-refractivity contribution < 1.29 is 0 Å². The average Bonchev–Trinajstić information content (AvgIpc) is 2.15. The second-order valence-electron chi connectivity index (χ2n) is 3.51. The van der Waals surface area contributed by atoms with Crippen molar-refractivity contribution in [3.63, 3.8) is 0 Å². The number of aliphatic imine (C=N–C) groups is 1. The SMILES string of the molecule is CC(I)C1=NCCCCCCC1. The van der Waals surface area contributed by atoms with E-state index in [4.69, 9.17) is 0 Å². The third-order valence-corrected chi connectivity index (χ3v) is 3.08. The zero-order valence-corrected chi connectivity index (χ0v) is 10.0. The highest BCUT2D eigenvalue weighted by Crippen LogP contribution is 2.14. The van der Waals surface area contributed by atoms with Crippen LogP contribution in [-0.4, -0.2) is 16.2 Å². The molecule has 0 radical (unpaired) electrons. The lowest BCUT2D eigenvalue weighted by atomic mass is 10.1. The van der Waals surface area contributed by atoms with E-state index in [1.54, 1.807) is 0 Å². The summed E-state index contributed by atoms with van der Waals surface area (Å²) in [7, 11) is 0. The minimum absolute atomic E-state index is 0.640. The Kier molecular flexibility index (Phi) is 5.19. The lowest BCUT2D eigenvalue weighted by molar-refractivity contribution is 0.639. The Morgan fingerprint density at radius 3 is 2.58 bits per heavy atom. The third kappa shape index (κ3) is 3.87. The molecule has 0 aromatic rings. The number of rotatable bonds is 1. The first-order valence-electron chi connectivity index (χ1n) is 4.98. The van der Waals surface area contributed by atoms with Crippen LogP contribution in [0.3, 0.4) is 0 Å². The Balaban J connectivity index is 2.44. The van der Waals surface area contributed by atoms with E-state index in [0.29, 0.717) is 3.92 Å². The minimum atomic E-state index is 0.640. The smallest absolute Gasteiger partial charge is 0.0460 e. The Hall–Kier alpha value is 0.400. The summed E-state index contributed by atoms with van der Waals surface area (Å²) in [4.78, 5) is 4.65. The highest BCUT2D eigenvalue weighted by atomic mass is 127. The first-order chi connectivity index (χ1) is 5.80.